The Morgan fingerprint density at radius 2 is 2.14 bits per heavy atom. The van der Waals surface area contributed by atoms with E-state index in [9.17, 15) is 0 Å². The van der Waals surface area contributed by atoms with Crippen LogP contribution in [0, 0.1) is 5.41 Å². The summed E-state index contributed by atoms with van der Waals surface area (Å²) in [6.45, 7) is 0. The molecule has 1 aromatic rings. The zero-order valence-corrected chi connectivity index (χ0v) is 8.94. The van der Waals surface area contributed by atoms with Gasteiger partial charge in [0, 0.05) is 10.0 Å². The van der Waals surface area contributed by atoms with Gasteiger partial charge in [-0.3, -0.25) is 0 Å². The number of benzene rings is 1. The fourth-order valence-electron chi connectivity index (χ4n) is 1.09. The Bertz CT molecular complexity index is 328. The number of rotatable bonds is 4. The molecule has 1 unspecified atom stereocenters. The minimum absolute atomic E-state index is 0.449. The largest absolute Gasteiger partial charge is 0.387 e. The Kier molecular flexibility index (Phi) is 4.39. The van der Waals surface area contributed by atoms with Crippen LogP contribution >= 0.6 is 23.2 Å². The molecule has 4 heteroatoms. The van der Waals surface area contributed by atoms with E-state index in [2.05, 4.69) is 0 Å². The van der Waals surface area contributed by atoms with Crippen molar-refractivity contribution in [3.8, 4) is 0 Å². The topological polar surface area (TPSA) is 44.1 Å². The van der Waals surface area contributed by atoms with Crippen molar-refractivity contribution in [2.45, 2.75) is 18.9 Å². The number of nitrogens with one attached hydrogen (secondary N) is 1. The van der Waals surface area contributed by atoms with Gasteiger partial charge in [0.05, 0.1) is 12.3 Å². The molecule has 0 aliphatic heterocycles. The lowest BCUT2D eigenvalue weighted by Gasteiger charge is -2.05. The van der Waals surface area contributed by atoms with Crippen molar-refractivity contribution in [2.75, 3.05) is 0 Å². The molecule has 0 heterocycles. The van der Waals surface area contributed by atoms with Crippen molar-refractivity contribution in [1.82, 2.24) is 0 Å². The van der Waals surface area contributed by atoms with Crippen LogP contribution in [0.1, 0.15) is 12.0 Å². The highest BCUT2D eigenvalue weighted by Gasteiger charge is 2.04. The summed E-state index contributed by atoms with van der Waals surface area (Å²) >= 11 is 11.7. The molecule has 0 amide bonds. The van der Waals surface area contributed by atoms with Crippen LogP contribution in [0.5, 0.6) is 0 Å². The van der Waals surface area contributed by atoms with Gasteiger partial charge in [-0.25, -0.2) is 0 Å². The first-order chi connectivity index (χ1) is 6.63. The first-order valence-electron chi connectivity index (χ1n) is 4.17. The molecule has 1 radical (unpaired) electrons. The van der Waals surface area contributed by atoms with E-state index < -0.39 is 6.10 Å². The number of hydrogen-bond acceptors (Lipinski definition) is 2. The van der Waals surface area contributed by atoms with Crippen molar-refractivity contribution in [2.24, 2.45) is 0 Å². The van der Waals surface area contributed by atoms with E-state index in [1.807, 2.05) is 12.3 Å². The standard InChI is InChI=1S/C10H10Cl2NO/c11-8-3-1-7(10(12)5-8)2-4-9(14)6-13/h1,3,5,9,13-14H,2,4H2. The Morgan fingerprint density at radius 3 is 2.71 bits per heavy atom. The predicted molar refractivity (Wildman–Crippen MR) is 58.5 cm³/mol. The maximum atomic E-state index is 9.10. The highest BCUT2D eigenvalue weighted by Crippen LogP contribution is 2.22. The lowest BCUT2D eigenvalue weighted by molar-refractivity contribution is 0.235. The number of aliphatic hydroxyl groups excluding tert-OH is 1. The zero-order valence-electron chi connectivity index (χ0n) is 7.43. The maximum Gasteiger partial charge on any atom is 0.0975 e. The van der Waals surface area contributed by atoms with Crippen molar-refractivity contribution >= 4 is 29.4 Å². The quantitative estimate of drug-likeness (QED) is 0.769. The first kappa shape index (κ1) is 11.5. The monoisotopic (exact) mass is 230 g/mol. The lowest BCUT2D eigenvalue weighted by atomic mass is 10.1. The third kappa shape index (κ3) is 3.29. The summed E-state index contributed by atoms with van der Waals surface area (Å²) in [5.41, 5.74) is 0.922. The summed E-state index contributed by atoms with van der Waals surface area (Å²) in [6, 6.07) is 5.24. The smallest absolute Gasteiger partial charge is 0.0975 e. The van der Waals surface area contributed by atoms with Gasteiger partial charge in [0.2, 0.25) is 0 Å². The molecule has 0 saturated heterocycles. The molecule has 0 fully saturated rings. The molecule has 2 N–H and O–H groups in total. The van der Waals surface area contributed by atoms with Gasteiger partial charge in [0.25, 0.3) is 0 Å². The molecule has 75 valence electrons. The van der Waals surface area contributed by atoms with E-state index in [0.717, 1.165) is 5.56 Å². The van der Waals surface area contributed by atoms with Crippen molar-refractivity contribution in [1.29, 1.82) is 5.41 Å². The van der Waals surface area contributed by atoms with Crippen LogP contribution in [-0.2, 0) is 6.42 Å². The molecule has 0 bridgehead atoms. The van der Waals surface area contributed by atoms with Gasteiger partial charge >= 0.3 is 0 Å². The molecule has 0 aliphatic carbocycles. The molecule has 1 rings (SSSR count). The van der Waals surface area contributed by atoms with Crippen molar-refractivity contribution in [3.05, 3.63) is 33.8 Å². The molecule has 1 aromatic carbocycles. The van der Waals surface area contributed by atoms with E-state index >= 15 is 0 Å². The zero-order chi connectivity index (χ0) is 10.6. The molecule has 0 spiro atoms. The summed E-state index contributed by atoms with van der Waals surface area (Å²) in [5, 5.41) is 17.0. The van der Waals surface area contributed by atoms with Gasteiger partial charge in [0.15, 0.2) is 0 Å². The second kappa shape index (κ2) is 5.35. The van der Waals surface area contributed by atoms with Gasteiger partial charge in [-0.15, -0.1) is 0 Å². The fourth-order valence-corrected chi connectivity index (χ4v) is 1.59. The third-order valence-electron chi connectivity index (χ3n) is 1.87. The molecule has 0 aliphatic rings. The van der Waals surface area contributed by atoms with E-state index in [-0.39, 0.29) is 0 Å². The van der Waals surface area contributed by atoms with Crippen LogP contribution in [-0.4, -0.2) is 17.4 Å². The predicted octanol–water partition coefficient (Wildman–Crippen LogP) is 2.81. The van der Waals surface area contributed by atoms with E-state index in [4.69, 9.17) is 33.7 Å². The normalized spacial score (nSPS) is 12.5. The van der Waals surface area contributed by atoms with Crippen LogP contribution in [0.4, 0.5) is 0 Å². The van der Waals surface area contributed by atoms with Gasteiger partial charge in [-0.2, -0.15) is 0 Å². The van der Waals surface area contributed by atoms with Gasteiger partial charge in [-0.05, 0) is 30.5 Å². The molecule has 2 nitrogen and oxygen atoms in total. The third-order valence-corrected chi connectivity index (χ3v) is 2.46. The highest BCUT2D eigenvalue weighted by atomic mass is 35.5. The molecular weight excluding hydrogens is 221 g/mol. The Hall–Kier alpha value is -0.570. The van der Waals surface area contributed by atoms with Crippen molar-refractivity contribution < 1.29 is 5.11 Å². The van der Waals surface area contributed by atoms with Gasteiger partial charge < -0.3 is 10.5 Å². The van der Waals surface area contributed by atoms with E-state index in [0.29, 0.717) is 22.9 Å². The second-order valence-electron chi connectivity index (χ2n) is 2.93. The number of aliphatic hydroxyl groups is 1. The number of hydrogen-bond donors (Lipinski definition) is 2. The second-order valence-corrected chi connectivity index (χ2v) is 3.78. The van der Waals surface area contributed by atoms with Gasteiger partial charge in [-0.1, -0.05) is 29.3 Å². The number of halogens is 2. The molecule has 14 heavy (non-hydrogen) atoms. The summed E-state index contributed by atoms with van der Waals surface area (Å²) < 4.78 is 0. The summed E-state index contributed by atoms with van der Waals surface area (Å²) in [4.78, 5) is 0. The highest BCUT2D eigenvalue weighted by molar-refractivity contribution is 6.35. The summed E-state index contributed by atoms with van der Waals surface area (Å²) in [5.74, 6) is 0. The van der Waals surface area contributed by atoms with Crippen LogP contribution < -0.4 is 0 Å². The maximum absolute atomic E-state index is 9.10. The molecular formula is C10H10Cl2NO. The summed E-state index contributed by atoms with van der Waals surface area (Å²) in [7, 11) is 0. The average Bonchev–Trinajstić information content (AvgIpc) is 2.16. The molecule has 0 aromatic heterocycles. The summed E-state index contributed by atoms with van der Waals surface area (Å²) in [6.07, 6.45) is 2.25. The van der Waals surface area contributed by atoms with Crippen molar-refractivity contribution in [3.63, 3.8) is 0 Å². The van der Waals surface area contributed by atoms with Crippen LogP contribution in [0.3, 0.4) is 0 Å². The first-order valence-corrected chi connectivity index (χ1v) is 4.93. The van der Waals surface area contributed by atoms with Crippen LogP contribution in [0.25, 0.3) is 0 Å². The van der Waals surface area contributed by atoms with Crippen LogP contribution in [0.15, 0.2) is 18.2 Å². The Labute approximate surface area is 93.0 Å². The lowest BCUT2D eigenvalue weighted by Crippen LogP contribution is -2.08. The minimum Gasteiger partial charge on any atom is -0.387 e. The van der Waals surface area contributed by atoms with Crippen LogP contribution in [0.2, 0.25) is 10.0 Å². The Morgan fingerprint density at radius 1 is 1.43 bits per heavy atom. The average molecular weight is 231 g/mol. The Balaban J connectivity index is 2.63. The molecule has 0 saturated carbocycles. The fraction of sp³-hybridized carbons (Fsp3) is 0.300. The SMILES string of the molecule is N=[C]C(O)CCc1ccc(Cl)cc1Cl. The van der Waals surface area contributed by atoms with E-state index in [1.165, 1.54) is 0 Å². The minimum atomic E-state index is -0.818. The van der Waals surface area contributed by atoms with Gasteiger partial charge in [0.1, 0.15) is 0 Å². The molecule has 1 atom stereocenters. The van der Waals surface area contributed by atoms with E-state index in [1.54, 1.807) is 12.1 Å². The number of aryl methyl sites for hydroxylation is 1.